The van der Waals surface area contributed by atoms with Gasteiger partial charge in [-0.25, -0.2) is 4.68 Å². The molecule has 0 radical (unpaired) electrons. The number of nitrogens with zero attached hydrogens (tertiary/aromatic N) is 3. The van der Waals surface area contributed by atoms with Gasteiger partial charge in [0.15, 0.2) is 0 Å². The molecule has 1 atom stereocenters. The molecule has 2 aromatic heterocycles. The highest BCUT2D eigenvalue weighted by atomic mass is 32.1. The lowest BCUT2D eigenvalue weighted by molar-refractivity contribution is 0.439. The normalized spacial score (nSPS) is 22.3. The first-order chi connectivity index (χ1) is 12.3. The molecule has 4 heterocycles. The minimum absolute atomic E-state index is 0.0473. The third-order valence-electron chi connectivity index (χ3n) is 5.19. The summed E-state index contributed by atoms with van der Waals surface area (Å²) in [4.78, 5) is 16.7. The highest BCUT2D eigenvalue weighted by Crippen LogP contribution is 2.40. The van der Waals surface area contributed by atoms with E-state index >= 15 is 0 Å². The molecule has 6 heteroatoms. The summed E-state index contributed by atoms with van der Waals surface area (Å²) in [7, 11) is 0. The quantitative estimate of drug-likeness (QED) is 0.906. The Kier molecular flexibility index (Phi) is 3.53. The van der Waals surface area contributed by atoms with Crippen LogP contribution in [0.4, 0.5) is 0 Å². The van der Waals surface area contributed by atoms with E-state index in [2.05, 4.69) is 33.2 Å². The van der Waals surface area contributed by atoms with Gasteiger partial charge in [-0.2, -0.15) is 21.4 Å². The molecule has 0 bridgehead atoms. The van der Waals surface area contributed by atoms with E-state index in [4.69, 9.17) is 5.10 Å². The molecule has 1 saturated heterocycles. The number of fused-ring (bicyclic) bond motifs is 3. The van der Waals surface area contributed by atoms with Crippen molar-refractivity contribution in [3.63, 3.8) is 0 Å². The number of hydrogen-bond acceptors (Lipinski definition) is 5. The average Bonchev–Trinajstić information content (AvgIpc) is 3.29. The van der Waals surface area contributed by atoms with Gasteiger partial charge in [0.2, 0.25) is 0 Å². The van der Waals surface area contributed by atoms with E-state index in [1.807, 2.05) is 16.8 Å². The zero-order valence-electron chi connectivity index (χ0n) is 13.7. The van der Waals surface area contributed by atoms with Crippen LogP contribution in [-0.2, 0) is 0 Å². The molecule has 1 fully saturated rings. The van der Waals surface area contributed by atoms with Crippen molar-refractivity contribution in [1.29, 1.82) is 0 Å². The number of nitrogens with one attached hydrogen (secondary N) is 1. The number of hydrogen-bond donors (Lipinski definition) is 1. The topological polar surface area (TPSA) is 59.3 Å². The minimum atomic E-state index is -0.157. The van der Waals surface area contributed by atoms with Crippen LogP contribution in [0.25, 0.3) is 5.57 Å². The van der Waals surface area contributed by atoms with Crippen molar-refractivity contribution in [2.24, 2.45) is 5.10 Å². The van der Waals surface area contributed by atoms with Gasteiger partial charge >= 0.3 is 0 Å². The summed E-state index contributed by atoms with van der Waals surface area (Å²) in [5.74, 6) is 1.07. The minimum Gasteiger partial charge on any atom is -0.317 e. The highest BCUT2D eigenvalue weighted by Gasteiger charge is 2.35. The van der Waals surface area contributed by atoms with Gasteiger partial charge in [-0.1, -0.05) is 12.2 Å². The molecule has 3 aliphatic rings. The lowest BCUT2D eigenvalue weighted by Crippen LogP contribution is -2.29. The largest absolute Gasteiger partial charge is 0.317 e. The summed E-state index contributed by atoms with van der Waals surface area (Å²) in [5, 5.41) is 12.4. The zero-order valence-corrected chi connectivity index (χ0v) is 14.5. The van der Waals surface area contributed by atoms with Crippen LogP contribution in [0.15, 0.2) is 51.0 Å². The van der Waals surface area contributed by atoms with E-state index in [0.29, 0.717) is 5.92 Å². The van der Waals surface area contributed by atoms with Gasteiger partial charge in [-0.15, -0.1) is 0 Å². The second kappa shape index (κ2) is 5.89. The molecule has 25 heavy (non-hydrogen) atoms. The first kappa shape index (κ1) is 15.0. The standard InChI is InChI=1S/C19H18N4OS/c24-17-10-16(12-4-7-20-8-5-12)23-19(21-17)18-14(13-6-9-25-11-13)2-1-3-15(18)22-23/h1-3,6,9-12,18,20H,4-5,7-8H2. The summed E-state index contributed by atoms with van der Waals surface area (Å²) in [6.07, 6.45) is 8.25. The molecule has 126 valence electrons. The van der Waals surface area contributed by atoms with E-state index in [1.54, 1.807) is 17.4 Å². The first-order valence-electron chi connectivity index (χ1n) is 8.65. The van der Waals surface area contributed by atoms with E-state index < -0.39 is 0 Å². The summed E-state index contributed by atoms with van der Waals surface area (Å²) in [5.41, 5.74) is 4.18. The molecule has 0 amide bonds. The maximum atomic E-state index is 12.3. The van der Waals surface area contributed by atoms with Crippen LogP contribution in [0, 0.1) is 0 Å². The van der Waals surface area contributed by atoms with E-state index in [9.17, 15) is 4.79 Å². The Labute approximate surface area is 149 Å². The van der Waals surface area contributed by atoms with Crippen molar-refractivity contribution in [3.05, 3.63) is 68.6 Å². The predicted molar refractivity (Wildman–Crippen MR) is 100 cm³/mol. The van der Waals surface area contributed by atoms with E-state index in [0.717, 1.165) is 43.2 Å². The van der Waals surface area contributed by atoms with Crippen LogP contribution in [0.2, 0.25) is 0 Å². The number of allylic oxidation sites excluding steroid dienone is 4. The SMILES string of the molecule is O=c1cc(C2CCNCC2)n2c(n1)C1C(c3ccsc3)=CC=CC1=N2. The molecule has 1 unspecified atom stereocenters. The van der Waals surface area contributed by atoms with Crippen molar-refractivity contribution in [2.75, 3.05) is 13.1 Å². The monoisotopic (exact) mass is 350 g/mol. The Hall–Kier alpha value is -2.31. The summed E-state index contributed by atoms with van der Waals surface area (Å²) in [6.45, 7) is 1.97. The molecule has 1 N–H and O–H groups in total. The number of piperidine rings is 1. The molecule has 5 rings (SSSR count). The number of thiophene rings is 1. The molecular weight excluding hydrogens is 332 g/mol. The number of aromatic nitrogens is 2. The molecule has 0 aromatic carbocycles. The average molecular weight is 350 g/mol. The smallest absolute Gasteiger partial charge is 0.273 e. The molecule has 1 aliphatic carbocycles. The summed E-state index contributed by atoms with van der Waals surface area (Å²) in [6, 6.07) is 3.79. The fraction of sp³-hybridized carbons (Fsp3) is 0.316. The Bertz CT molecular complexity index is 962. The van der Waals surface area contributed by atoms with Gasteiger partial charge in [0, 0.05) is 12.0 Å². The van der Waals surface area contributed by atoms with E-state index in [1.165, 1.54) is 11.1 Å². The lowest BCUT2D eigenvalue weighted by atomic mass is 9.86. The zero-order chi connectivity index (χ0) is 16.8. The molecule has 5 nitrogen and oxygen atoms in total. The Balaban J connectivity index is 1.65. The van der Waals surface area contributed by atoms with Gasteiger partial charge in [-0.3, -0.25) is 4.79 Å². The Morgan fingerprint density at radius 3 is 2.96 bits per heavy atom. The lowest BCUT2D eigenvalue weighted by Gasteiger charge is -2.24. The molecule has 2 aliphatic heterocycles. The van der Waals surface area contributed by atoms with Crippen LogP contribution in [-0.4, -0.2) is 28.5 Å². The van der Waals surface area contributed by atoms with Crippen LogP contribution >= 0.6 is 11.3 Å². The fourth-order valence-corrected chi connectivity index (χ4v) is 4.65. The summed E-state index contributed by atoms with van der Waals surface area (Å²) >= 11 is 1.68. The third-order valence-corrected chi connectivity index (χ3v) is 5.88. The highest BCUT2D eigenvalue weighted by molar-refractivity contribution is 7.08. The molecular formula is C19H18N4OS. The summed E-state index contributed by atoms with van der Waals surface area (Å²) < 4.78 is 1.94. The number of rotatable bonds is 2. The second-order valence-electron chi connectivity index (χ2n) is 6.66. The third kappa shape index (κ3) is 2.44. The van der Waals surface area contributed by atoms with Gasteiger partial charge in [0.1, 0.15) is 5.82 Å². The molecule has 0 spiro atoms. The Morgan fingerprint density at radius 1 is 1.28 bits per heavy atom. The van der Waals surface area contributed by atoms with Crippen molar-refractivity contribution < 1.29 is 0 Å². The van der Waals surface area contributed by atoms with Crippen molar-refractivity contribution in [1.82, 2.24) is 15.0 Å². The maximum Gasteiger partial charge on any atom is 0.273 e. The first-order valence-corrected chi connectivity index (χ1v) is 9.60. The van der Waals surface area contributed by atoms with Crippen molar-refractivity contribution in [3.8, 4) is 0 Å². The van der Waals surface area contributed by atoms with Gasteiger partial charge < -0.3 is 5.32 Å². The van der Waals surface area contributed by atoms with Gasteiger partial charge in [0.25, 0.3) is 5.56 Å². The van der Waals surface area contributed by atoms with Crippen LogP contribution in [0.1, 0.15) is 41.8 Å². The van der Waals surface area contributed by atoms with Gasteiger partial charge in [-0.05, 0) is 60.0 Å². The van der Waals surface area contributed by atoms with Crippen LogP contribution in [0.5, 0.6) is 0 Å². The molecule has 0 saturated carbocycles. The molecule has 2 aromatic rings. The maximum absolute atomic E-state index is 12.3. The van der Waals surface area contributed by atoms with Crippen LogP contribution in [0.3, 0.4) is 0 Å². The van der Waals surface area contributed by atoms with Gasteiger partial charge in [0.05, 0.1) is 17.3 Å². The second-order valence-corrected chi connectivity index (χ2v) is 7.44. The van der Waals surface area contributed by atoms with E-state index in [-0.39, 0.29) is 11.5 Å². The Morgan fingerprint density at radius 2 is 2.16 bits per heavy atom. The fourth-order valence-electron chi connectivity index (χ4n) is 3.99. The predicted octanol–water partition coefficient (Wildman–Crippen LogP) is 2.73. The van der Waals surface area contributed by atoms with Crippen LogP contribution < -0.4 is 10.9 Å². The van der Waals surface area contributed by atoms with Crippen molar-refractivity contribution >= 4 is 22.6 Å². The van der Waals surface area contributed by atoms with Crippen molar-refractivity contribution in [2.45, 2.75) is 24.7 Å².